The van der Waals surface area contributed by atoms with Crippen LogP contribution in [0.1, 0.15) is 26.7 Å². The van der Waals surface area contributed by atoms with Crippen LogP contribution in [-0.4, -0.2) is 30.9 Å². The van der Waals surface area contributed by atoms with Gasteiger partial charge in [0, 0.05) is 12.8 Å². The maximum Gasteiger partial charge on any atom is 0.407 e. The van der Waals surface area contributed by atoms with Crippen LogP contribution >= 0.6 is 0 Å². The zero-order valence-corrected chi connectivity index (χ0v) is 8.71. The number of amides is 1. The molecule has 1 spiro atoms. The summed E-state index contributed by atoms with van der Waals surface area (Å²) in [6, 6.07) is 0. The summed E-state index contributed by atoms with van der Waals surface area (Å²) in [7, 11) is 0. The molecule has 4 nitrogen and oxygen atoms in total. The Labute approximate surface area is 84.0 Å². The molecule has 0 aliphatic carbocycles. The zero-order valence-electron chi connectivity index (χ0n) is 8.71. The molecule has 2 saturated heterocycles. The first-order valence-corrected chi connectivity index (χ1v) is 5.20. The monoisotopic (exact) mass is 199 g/mol. The van der Waals surface area contributed by atoms with E-state index in [4.69, 9.17) is 9.47 Å². The molecule has 0 bridgehead atoms. The number of carbonyl (C=O) groups is 1. The third-order valence-electron chi connectivity index (χ3n) is 3.07. The molecule has 0 aromatic carbocycles. The second-order valence-corrected chi connectivity index (χ2v) is 4.53. The van der Waals surface area contributed by atoms with E-state index in [9.17, 15) is 4.79 Å². The van der Waals surface area contributed by atoms with Crippen LogP contribution in [0.5, 0.6) is 0 Å². The van der Waals surface area contributed by atoms with E-state index in [2.05, 4.69) is 19.2 Å². The number of ether oxygens (including phenoxy) is 2. The molecule has 0 aromatic rings. The first kappa shape index (κ1) is 9.77. The van der Waals surface area contributed by atoms with Gasteiger partial charge in [-0.15, -0.1) is 0 Å². The Bertz CT molecular complexity index is 242. The van der Waals surface area contributed by atoms with E-state index in [0.717, 1.165) is 12.8 Å². The van der Waals surface area contributed by atoms with E-state index in [0.29, 0.717) is 19.1 Å². The Morgan fingerprint density at radius 2 is 2.36 bits per heavy atom. The standard InChI is InChI=1S/C10H17NO3/c1-7(2)8-5-10(3-4-13-8)6-11-9(12)14-10/h7-8H,3-6H2,1-2H3,(H,11,12). The Morgan fingerprint density at radius 3 is 2.93 bits per heavy atom. The van der Waals surface area contributed by atoms with Gasteiger partial charge in [-0.25, -0.2) is 4.79 Å². The summed E-state index contributed by atoms with van der Waals surface area (Å²) in [4.78, 5) is 11.0. The van der Waals surface area contributed by atoms with Crippen molar-refractivity contribution >= 4 is 6.09 Å². The molecule has 2 fully saturated rings. The molecule has 2 aliphatic heterocycles. The largest absolute Gasteiger partial charge is 0.441 e. The van der Waals surface area contributed by atoms with Crippen LogP contribution in [0.25, 0.3) is 0 Å². The number of alkyl carbamates (subject to hydrolysis) is 1. The van der Waals surface area contributed by atoms with Crippen LogP contribution in [-0.2, 0) is 9.47 Å². The third kappa shape index (κ3) is 1.71. The van der Waals surface area contributed by atoms with E-state index >= 15 is 0 Å². The SMILES string of the molecule is CC(C)C1CC2(CCO1)CNC(=O)O2. The van der Waals surface area contributed by atoms with Crippen molar-refractivity contribution in [2.24, 2.45) is 5.92 Å². The molecule has 14 heavy (non-hydrogen) atoms. The Kier molecular flexibility index (Phi) is 2.39. The minimum Gasteiger partial charge on any atom is -0.441 e. The molecule has 80 valence electrons. The van der Waals surface area contributed by atoms with Crippen molar-refractivity contribution in [3.8, 4) is 0 Å². The van der Waals surface area contributed by atoms with Gasteiger partial charge in [-0.05, 0) is 5.92 Å². The summed E-state index contributed by atoms with van der Waals surface area (Å²) in [6.07, 6.45) is 1.57. The topological polar surface area (TPSA) is 47.6 Å². The van der Waals surface area contributed by atoms with E-state index in [1.54, 1.807) is 0 Å². The summed E-state index contributed by atoms with van der Waals surface area (Å²) in [6.45, 7) is 5.60. The van der Waals surface area contributed by atoms with E-state index < -0.39 is 0 Å². The molecule has 2 rings (SSSR count). The second-order valence-electron chi connectivity index (χ2n) is 4.53. The van der Waals surface area contributed by atoms with Crippen LogP contribution in [0.15, 0.2) is 0 Å². The highest BCUT2D eigenvalue weighted by Gasteiger charge is 2.45. The van der Waals surface area contributed by atoms with E-state index in [1.165, 1.54) is 0 Å². The number of carbonyl (C=O) groups excluding carboxylic acids is 1. The van der Waals surface area contributed by atoms with Gasteiger partial charge in [0.2, 0.25) is 0 Å². The fourth-order valence-electron chi connectivity index (χ4n) is 2.11. The molecule has 0 saturated carbocycles. The minimum absolute atomic E-state index is 0.219. The van der Waals surface area contributed by atoms with Gasteiger partial charge < -0.3 is 14.8 Å². The van der Waals surface area contributed by atoms with Gasteiger partial charge in [-0.2, -0.15) is 0 Å². The van der Waals surface area contributed by atoms with Crippen molar-refractivity contribution in [1.82, 2.24) is 5.32 Å². The first-order chi connectivity index (χ1) is 6.61. The lowest BCUT2D eigenvalue weighted by molar-refractivity contribution is -0.101. The molecule has 0 aromatic heterocycles. The number of hydrogen-bond donors (Lipinski definition) is 1. The van der Waals surface area contributed by atoms with Gasteiger partial charge in [-0.1, -0.05) is 13.8 Å². The average Bonchev–Trinajstić information content (AvgIpc) is 2.47. The van der Waals surface area contributed by atoms with Crippen molar-refractivity contribution in [1.29, 1.82) is 0 Å². The van der Waals surface area contributed by atoms with E-state index in [-0.39, 0.29) is 17.8 Å². The third-order valence-corrected chi connectivity index (χ3v) is 3.07. The molecular weight excluding hydrogens is 182 g/mol. The van der Waals surface area contributed by atoms with Gasteiger partial charge in [0.05, 0.1) is 19.3 Å². The fraction of sp³-hybridized carbons (Fsp3) is 0.900. The average molecular weight is 199 g/mol. The number of hydrogen-bond acceptors (Lipinski definition) is 3. The normalized spacial score (nSPS) is 37.4. The molecule has 2 unspecified atom stereocenters. The molecule has 0 radical (unpaired) electrons. The van der Waals surface area contributed by atoms with Crippen molar-refractivity contribution in [3.05, 3.63) is 0 Å². The molecule has 1 N–H and O–H groups in total. The smallest absolute Gasteiger partial charge is 0.407 e. The number of rotatable bonds is 1. The molecule has 2 atom stereocenters. The predicted octanol–water partition coefficient (Wildman–Crippen LogP) is 1.30. The maximum absolute atomic E-state index is 11.0. The van der Waals surface area contributed by atoms with Gasteiger partial charge in [0.25, 0.3) is 0 Å². The summed E-state index contributed by atoms with van der Waals surface area (Å²) in [5.41, 5.74) is -0.287. The van der Waals surface area contributed by atoms with E-state index in [1.807, 2.05) is 0 Å². The lowest BCUT2D eigenvalue weighted by Crippen LogP contribution is -2.45. The molecule has 4 heteroatoms. The van der Waals surface area contributed by atoms with Crippen LogP contribution in [0.3, 0.4) is 0 Å². The Morgan fingerprint density at radius 1 is 1.57 bits per heavy atom. The maximum atomic E-state index is 11.0. The van der Waals surface area contributed by atoms with Gasteiger partial charge >= 0.3 is 6.09 Å². The fourth-order valence-corrected chi connectivity index (χ4v) is 2.11. The molecular formula is C10H17NO3. The summed E-state index contributed by atoms with van der Waals surface area (Å²) < 4.78 is 11.0. The summed E-state index contributed by atoms with van der Waals surface area (Å²) >= 11 is 0. The van der Waals surface area contributed by atoms with Crippen molar-refractivity contribution in [2.45, 2.75) is 38.4 Å². The first-order valence-electron chi connectivity index (χ1n) is 5.20. The van der Waals surface area contributed by atoms with Gasteiger partial charge in [-0.3, -0.25) is 0 Å². The highest BCUT2D eigenvalue weighted by molar-refractivity contribution is 5.70. The van der Waals surface area contributed by atoms with Crippen molar-refractivity contribution < 1.29 is 14.3 Å². The highest BCUT2D eigenvalue weighted by atomic mass is 16.6. The van der Waals surface area contributed by atoms with Crippen LogP contribution < -0.4 is 5.32 Å². The van der Waals surface area contributed by atoms with Crippen molar-refractivity contribution in [3.63, 3.8) is 0 Å². The quantitative estimate of drug-likeness (QED) is 0.692. The van der Waals surface area contributed by atoms with Gasteiger partial charge in [0.1, 0.15) is 5.60 Å². The Hall–Kier alpha value is -0.770. The van der Waals surface area contributed by atoms with Crippen LogP contribution in [0, 0.1) is 5.92 Å². The molecule has 2 aliphatic rings. The van der Waals surface area contributed by atoms with Gasteiger partial charge in [0.15, 0.2) is 0 Å². The summed E-state index contributed by atoms with van der Waals surface area (Å²) in [5, 5.41) is 2.72. The lowest BCUT2D eigenvalue weighted by atomic mass is 9.86. The zero-order chi connectivity index (χ0) is 10.2. The Balaban J connectivity index is 2.03. The molecule has 2 heterocycles. The lowest BCUT2D eigenvalue weighted by Gasteiger charge is -2.37. The van der Waals surface area contributed by atoms with Crippen molar-refractivity contribution in [2.75, 3.05) is 13.2 Å². The second kappa shape index (κ2) is 3.42. The highest BCUT2D eigenvalue weighted by Crippen LogP contribution is 2.33. The minimum atomic E-state index is -0.287. The van der Waals surface area contributed by atoms with Crippen LogP contribution in [0.4, 0.5) is 4.79 Å². The molecule has 1 amide bonds. The summed E-state index contributed by atoms with van der Waals surface area (Å²) in [5.74, 6) is 0.478. The predicted molar refractivity (Wildman–Crippen MR) is 51.0 cm³/mol. The number of nitrogens with one attached hydrogen (secondary N) is 1. The van der Waals surface area contributed by atoms with Crippen LogP contribution in [0.2, 0.25) is 0 Å².